The van der Waals surface area contributed by atoms with Crippen LogP contribution in [-0.2, 0) is 11.3 Å². The van der Waals surface area contributed by atoms with Crippen molar-refractivity contribution in [1.82, 2.24) is 14.5 Å². The summed E-state index contributed by atoms with van der Waals surface area (Å²) in [5, 5.41) is 0. The molecule has 0 N–H and O–H groups in total. The van der Waals surface area contributed by atoms with Gasteiger partial charge in [0.05, 0.1) is 24.8 Å². The molecule has 1 aromatic carbocycles. The Labute approximate surface area is 124 Å². The van der Waals surface area contributed by atoms with E-state index in [2.05, 4.69) is 16.9 Å². The van der Waals surface area contributed by atoms with Crippen molar-refractivity contribution in [3.05, 3.63) is 42.0 Å². The lowest BCUT2D eigenvalue weighted by atomic mass is 10.1. The van der Waals surface area contributed by atoms with Gasteiger partial charge in [-0.2, -0.15) is 0 Å². The van der Waals surface area contributed by atoms with Gasteiger partial charge in [-0.3, -0.25) is 0 Å². The number of nitrogens with zero attached hydrogens (tertiary/aromatic N) is 3. The minimum Gasteiger partial charge on any atom is -0.374 e. The van der Waals surface area contributed by atoms with Crippen LogP contribution in [0.2, 0.25) is 0 Å². The average Bonchev–Trinajstić information content (AvgIpc) is 2.89. The van der Waals surface area contributed by atoms with Gasteiger partial charge in [0, 0.05) is 25.5 Å². The minimum absolute atomic E-state index is 0.115. The molecule has 1 atom stereocenters. The second-order valence-corrected chi connectivity index (χ2v) is 5.64. The van der Waals surface area contributed by atoms with E-state index in [-0.39, 0.29) is 11.9 Å². The molecule has 0 spiro atoms. The van der Waals surface area contributed by atoms with E-state index in [1.165, 1.54) is 6.07 Å². The zero-order chi connectivity index (χ0) is 14.8. The summed E-state index contributed by atoms with van der Waals surface area (Å²) in [5.41, 5.74) is 1.57. The molecule has 1 unspecified atom stereocenters. The Morgan fingerprint density at radius 1 is 1.43 bits per heavy atom. The molecule has 21 heavy (non-hydrogen) atoms. The van der Waals surface area contributed by atoms with Gasteiger partial charge in [0.1, 0.15) is 11.6 Å². The van der Waals surface area contributed by atoms with E-state index in [1.54, 1.807) is 12.3 Å². The maximum atomic E-state index is 14.1. The fourth-order valence-corrected chi connectivity index (χ4v) is 2.71. The number of halogens is 1. The molecule has 0 radical (unpaired) electrons. The first-order chi connectivity index (χ1) is 10.1. The van der Waals surface area contributed by atoms with Gasteiger partial charge in [-0.1, -0.05) is 11.6 Å². The Morgan fingerprint density at radius 3 is 3.10 bits per heavy atom. The van der Waals surface area contributed by atoms with Crippen LogP contribution >= 0.6 is 0 Å². The molecule has 1 aliphatic rings. The highest BCUT2D eigenvalue weighted by molar-refractivity contribution is 5.57. The first-order valence-corrected chi connectivity index (χ1v) is 7.21. The van der Waals surface area contributed by atoms with Crippen LogP contribution in [0.15, 0.2) is 30.6 Å². The summed E-state index contributed by atoms with van der Waals surface area (Å²) in [6.45, 7) is 5.22. The maximum absolute atomic E-state index is 14.1. The van der Waals surface area contributed by atoms with Gasteiger partial charge in [-0.25, -0.2) is 9.37 Å². The Balaban J connectivity index is 1.85. The Kier molecular flexibility index (Phi) is 4.03. The molecule has 5 heteroatoms. The van der Waals surface area contributed by atoms with Crippen LogP contribution in [0.5, 0.6) is 0 Å². The van der Waals surface area contributed by atoms with Gasteiger partial charge in [-0.15, -0.1) is 0 Å². The monoisotopic (exact) mass is 289 g/mol. The van der Waals surface area contributed by atoms with E-state index >= 15 is 0 Å². The van der Waals surface area contributed by atoms with E-state index in [0.717, 1.165) is 25.3 Å². The zero-order valence-electron chi connectivity index (χ0n) is 12.4. The fourth-order valence-electron chi connectivity index (χ4n) is 2.71. The quantitative estimate of drug-likeness (QED) is 0.869. The first-order valence-electron chi connectivity index (χ1n) is 7.21. The predicted molar refractivity (Wildman–Crippen MR) is 79.6 cm³/mol. The van der Waals surface area contributed by atoms with Crippen molar-refractivity contribution in [3.63, 3.8) is 0 Å². The Bertz CT molecular complexity index is 626. The zero-order valence-corrected chi connectivity index (χ0v) is 12.4. The van der Waals surface area contributed by atoms with Crippen molar-refractivity contribution in [2.24, 2.45) is 0 Å². The summed E-state index contributed by atoms with van der Waals surface area (Å²) >= 11 is 0. The highest BCUT2D eigenvalue weighted by Crippen LogP contribution is 2.23. The van der Waals surface area contributed by atoms with Gasteiger partial charge < -0.3 is 14.2 Å². The second kappa shape index (κ2) is 5.95. The summed E-state index contributed by atoms with van der Waals surface area (Å²) in [7, 11) is 2.09. The summed E-state index contributed by atoms with van der Waals surface area (Å²) in [5.74, 6) is 0.419. The molecule has 0 bridgehead atoms. The van der Waals surface area contributed by atoms with Crippen molar-refractivity contribution >= 4 is 0 Å². The smallest absolute Gasteiger partial charge is 0.142 e. The van der Waals surface area contributed by atoms with E-state index in [9.17, 15) is 4.39 Å². The van der Waals surface area contributed by atoms with Crippen molar-refractivity contribution in [1.29, 1.82) is 0 Å². The molecule has 2 heterocycles. The molecule has 1 aromatic heterocycles. The number of likely N-dealkylation sites (N-methyl/N-ethyl adjacent to an activating group) is 1. The van der Waals surface area contributed by atoms with E-state index in [0.29, 0.717) is 17.9 Å². The Hall–Kier alpha value is -1.72. The largest absolute Gasteiger partial charge is 0.374 e. The molecular weight excluding hydrogens is 269 g/mol. The van der Waals surface area contributed by atoms with Crippen LogP contribution in [0.25, 0.3) is 11.4 Å². The van der Waals surface area contributed by atoms with Gasteiger partial charge in [-0.05, 0) is 26.1 Å². The Morgan fingerprint density at radius 2 is 2.29 bits per heavy atom. The van der Waals surface area contributed by atoms with Crippen LogP contribution in [0, 0.1) is 12.7 Å². The highest BCUT2D eigenvalue weighted by Gasteiger charge is 2.20. The number of aryl methyl sites for hydroxylation is 1. The lowest BCUT2D eigenvalue weighted by Crippen LogP contribution is -2.41. The summed E-state index contributed by atoms with van der Waals surface area (Å²) in [6.07, 6.45) is 3.71. The molecule has 0 aliphatic carbocycles. The molecule has 3 rings (SSSR count). The van der Waals surface area contributed by atoms with Crippen molar-refractivity contribution < 1.29 is 9.13 Å². The van der Waals surface area contributed by atoms with Crippen LogP contribution in [-0.4, -0.2) is 47.3 Å². The number of aromatic nitrogens is 2. The molecule has 0 amide bonds. The molecule has 1 aliphatic heterocycles. The predicted octanol–water partition coefficient (Wildman–Crippen LogP) is 2.33. The number of hydrogen-bond acceptors (Lipinski definition) is 3. The molecule has 0 saturated carbocycles. The van der Waals surface area contributed by atoms with E-state index in [4.69, 9.17) is 4.74 Å². The first kappa shape index (κ1) is 14.2. The standard InChI is InChI=1S/C16H20FN3O/c1-12-3-4-15(17)14(9-12)16-18-5-6-20(16)11-13-10-19(2)7-8-21-13/h3-6,9,13H,7-8,10-11H2,1-2H3. The van der Waals surface area contributed by atoms with Gasteiger partial charge in [0.2, 0.25) is 0 Å². The van der Waals surface area contributed by atoms with Crippen LogP contribution in [0.4, 0.5) is 4.39 Å². The maximum Gasteiger partial charge on any atom is 0.142 e. The van der Waals surface area contributed by atoms with Crippen LogP contribution in [0.1, 0.15) is 5.56 Å². The van der Waals surface area contributed by atoms with E-state index < -0.39 is 0 Å². The second-order valence-electron chi connectivity index (χ2n) is 5.64. The number of ether oxygens (including phenoxy) is 1. The van der Waals surface area contributed by atoms with Crippen LogP contribution < -0.4 is 0 Å². The summed E-state index contributed by atoms with van der Waals surface area (Å²) < 4.78 is 21.8. The van der Waals surface area contributed by atoms with Crippen molar-refractivity contribution in [2.45, 2.75) is 19.6 Å². The molecular formula is C16H20FN3O. The third-order valence-electron chi connectivity index (χ3n) is 3.82. The van der Waals surface area contributed by atoms with Gasteiger partial charge in [0.25, 0.3) is 0 Å². The van der Waals surface area contributed by atoms with Gasteiger partial charge in [0.15, 0.2) is 0 Å². The number of rotatable bonds is 3. The number of imidazole rings is 1. The molecule has 1 saturated heterocycles. The topological polar surface area (TPSA) is 30.3 Å². The number of morpholine rings is 1. The minimum atomic E-state index is -0.241. The lowest BCUT2D eigenvalue weighted by Gasteiger charge is -2.30. The van der Waals surface area contributed by atoms with Gasteiger partial charge >= 0.3 is 0 Å². The molecule has 1 fully saturated rings. The fraction of sp³-hybridized carbons (Fsp3) is 0.438. The van der Waals surface area contributed by atoms with Crippen molar-refractivity contribution in [3.8, 4) is 11.4 Å². The molecule has 112 valence electrons. The molecule has 4 nitrogen and oxygen atoms in total. The van der Waals surface area contributed by atoms with Crippen LogP contribution in [0.3, 0.4) is 0 Å². The van der Waals surface area contributed by atoms with E-state index in [1.807, 2.05) is 23.8 Å². The molecule has 2 aromatic rings. The lowest BCUT2D eigenvalue weighted by molar-refractivity contribution is -0.0272. The SMILES string of the molecule is Cc1ccc(F)c(-c2nccn2CC2CN(C)CCO2)c1. The average molecular weight is 289 g/mol. The number of hydrogen-bond donors (Lipinski definition) is 0. The normalized spacial score (nSPS) is 19.9. The third-order valence-corrected chi connectivity index (χ3v) is 3.82. The number of benzene rings is 1. The summed E-state index contributed by atoms with van der Waals surface area (Å²) in [6, 6.07) is 5.10. The van der Waals surface area contributed by atoms with Crippen molar-refractivity contribution in [2.75, 3.05) is 26.7 Å². The third kappa shape index (κ3) is 3.14. The summed E-state index contributed by atoms with van der Waals surface area (Å²) in [4.78, 5) is 6.57. The highest BCUT2D eigenvalue weighted by atomic mass is 19.1.